The topological polar surface area (TPSA) is 79.3 Å². The average Bonchev–Trinajstić information content (AvgIpc) is 2.80. The molecule has 1 aliphatic rings. The number of nitrogens with zero attached hydrogens (tertiary/aromatic N) is 2. The van der Waals surface area contributed by atoms with Crippen LogP contribution in [0.1, 0.15) is 31.0 Å². The Morgan fingerprint density at radius 1 is 0.917 bits per heavy atom. The minimum Gasteiger partial charge on any atom is -0.480 e. The van der Waals surface area contributed by atoms with Gasteiger partial charge in [0, 0.05) is 39.6 Å². The molecule has 0 unspecified atom stereocenters. The highest BCUT2D eigenvalue weighted by molar-refractivity contribution is 5.85. The van der Waals surface area contributed by atoms with Crippen molar-refractivity contribution in [1.82, 2.24) is 9.80 Å². The summed E-state index contributed by atoms with van der Waals surface area (Å²) in [6.45, 7) is 7.64. The van der Waals surface area contributed by atoms with Gasteiger partial charge >= 0.3 is 11.9 Å². The van der Waals surface area contributed by atoms with Crippen molar-refractivity contribution in [2.45, 2.75) is 19.9 Å². The van der Waals surface area contributed by atoms with Crippen molar-refractivity contribution in [1.29, 1.82) is 0 Å². The maximum atomic E-state index is 13.4. The van der Waals surface area contributed by atoms with Crippen LogP contribution in [0.4, 0.5) is 8.78 Å². The third kappa shape index (κ3) is 12.1. The Morgan fingerprint density at radius 2 is 1.39 bits per heavy atom. The lowest BCUT2D eigenvalue weighted by Gasteiger charge is -2.39. The number of halogens is 4. The van der Waals surface area contributed by atoms with Gasteiger partial charge in [-0.15, -0.1) is 24.8 Å². The fraction of sp³-hybridized carbons (Fsp3) is 0.440. The van der Waals surface area contributed by atoms with Gasteiger partial charge in [-0.3, -0.25) is 14.6 Å². The van der Waals surface area contributed by atoms with Gasteiger partial charge in [-0.2, -0.15) is 0 Å². The minimum absolute atomic E-state index is 0. The van der Waals surface area contributed by atoms with Crippen molar-refractivity contribution >= 4 is 36.8 Å². The van der Waals surface area contributed by atoms with Crippen LogP contribution in [0.5, 0.6) is 0 Å². The van der Waals surface area contributed by atoms with Gasteiger partial charge in [-0.05, 0) is 42.3 Å². The van der Waals surface area contributed by atoms with Crippen LogP contribution < -0.4 is 0 Å². The summed E-state index contributed by atoms with van der Waals surface area (Å²) < 4.78 is 36.3. The van der Waals surface area contributed by atoms with Crippen molar-refractivity contribution in [3.05, 3.63) is 71.3 Å². The van der Waals surface area contributed by atoms with E-state index in [0.29, 0.717) is 19.8 Å². The maximum Gasteiger partial charge on any atom is 0.329 e. The molecule has 36 heavy (non-hydrogen) atoms. The van der Waals surface area contributed by atoms with E-state index in [2.05, 4.69) is 14.5 Å². The number of rotatable bonds is 9. The van der Waals surface area contributed by atoms with Crippen LogP contribution in [-0.4, -0.2) is 79.4 Å². The number of piperazine rings is 1. The molecular weight excluding hydrogens is 517 g/mol. The van der Waals surface area contributed by atoms with Gasteiger partial charge in [0.05, 0.1) is 19.3 Å². The Kier molecular flexibility index (Phi) is 16.9. The van der Waals surface area contributed by atoms with Gasteiger partial charge in [0.2, 0.25) is 0 Å². The second-order valence-corrected chi connectivity index (χ2v) is 7.75. The van der Waals surface area contributed by atoms with Crippen molar-refractivity contribution in [3.8, 4) is 0 Å². The molecule has 0 saturated carbocycles. The second kappa shape index (κ2) is 18.0. The molecule has 0 radical (unpaired) electrons. The predicted molar refractivity (Wildman–Crippen MR) is 138 cm³/mol. The van der Waals surface area contributed by atoms with Crippen molar-refractivity contribution in [3.63, 3.8) is 0 Å². The molecule has 1 aliphatic heterocycles. The lowest BCUT2D eigenvalue weighted by molar-refractivity contribution is -0.142. The molecule has 2 aromatic rings. The van der Waals surface area contributed by atoms with Crippen molar-refractivity contribution in [2.75, 3.05) is 52.5 Å². The Morgan fingerprint density at radius 3 is 1.75 bits per heavy atom. The number of carboxylic acids is 1. The fourth-order valence-electron chi connectivity index (χ4n) is 3.71. The van der Waals surface area contributed by atoms with E-state index in [1.165, 1.54) is 31.2 Å². The molecule has 3 rings (SSSR count). The zero-order chi connectivity index (χ0) is 24.9. The quantitative estimate of drug-likeness (QED) is 0.370. The molecule has 0 aliphatic carbocycles. The van der Waals surface area contributed by atoms with Crippen LogP contribution in [0, 0.1) is 11.6 Å². The van der Waals surface area contributed by atoms with E-state index in [1.54, 1.807) is 31.2 Å². The van der Waals surface area contributed by atoms with Crippen LogP contribution in [0.25, 0.3) is 0 Å². The first-order chi connectivity index (χ1) is 16.3. The largest absolute Gasteiger partial charge is 0.480 e. The van der Waals surface area contributed by atoms with Crippen LogP contribution in [-0.2, 0) is 19.1 Å². The second-order valence-electron chi connectivity index (χ2n) is 7.75. The van der Waals surface area contributed by atoms with Crippen molar-refractivity contribution < 1.29 is 33.0 Å². The molecule has 1 saturated heterocycles. The molecule has 1 N–H and O–H groups in total. The zero-order valence-corrected chi connectivity index (χ0v) is 22.0. The molecule has 0 bridgehead atoms. The Balaban J connectivity index is 0.00000137. The summed E-state index contributed by atoms with van der Waals surface area (Å²) in [7, 11) is 0. The van der Waals surface area contributed by atoms with E-state index in [-0.39, 0.29) is 55.1 Å². The molecule has 0 spiro atoms. The predicted octanol–water partition coefficient (Wildman–Crippen LogP) is 4.19. The van der Waals surface area contributed by atoms with E-state index in [4.69, 9.17) is 9.84 Å². The van der Waals surface area contributed by atoms with E-state index in [0.717, 1.165) is 37.3 Å². The van der Waals surface area contributed by atoms with Crippen LogP contribution in [0.2, 0.25) is 0 Å². The third-order valence-corrected chi connectivity index (χ3v) is 5.27. The minimum atomic E-state index is -0.966. The molecule has 2 aromatic carbocycles. The molecule has 202 valence electrons. The summed E-state index contributed by atoms with van der Waals surface area (Å²) in [6, 6.07) is 12.8. The third-order valence-electron chi connectivity index (χ3n) is 5.27. The van der Waals surface area contributed by atoms with Crippen molar-refractivity contribution in [2.24, 2.45) is 0 Å². The standard InChI is InChI=1S/C21H24F2N2O3.C4H8O2.2ClH/c22-18-5-1-16(2-6-18)21(17-3-7-19(23)8-4-17)25-11-9-24(10-12-25)13-14-28-15-20(26)27;1-3-6-4(2)5;;/h1-8,21H,9-15H2,(H,26,27);3H2,1-2H3;2*1H. The first-order valence-corrected chi connectivity index (χ1v) is 11.2. The molecule has 1 heterocycles. The summed E-state index contributed by atoms with van der Waals surface area (Å²) in [5, 5.41) is 8.60. The van der Waals surface area contributed by atoms with Gasteiger partial charge in [0.25, 0.3) is 0 Å². The highest BCUT2D eigenvalue weighted by Crippen LogP contribution is 2.30. The molecule has 0 atom stereocenters. The number of aliphatic carboxylic acids is 1. The summed E-state index contributed by atoms with van der Waals surface area (Å²) in [6.07, 6.45) is 0. The normalized spacial score (nSPS) is 13.6. The number of carboxylic acid groups (broad SMARTS) is 1. The molecule has 11 heteroatoms. The highest BCUT2D eigenvalue weighted by Gasteiger charge is 2.26. The highest BCUT2D eigenvalue weighted by atomic mass is 35.5. The number of carbonyl (C=O) groups excluding carboxylic acids is 1. The smallest absolute Gasteiger partial charge is 0.329 e. The molecule has 0 amide bonds. The summed E-state index contributed by atoms with van der Waals surface area (Å²) in [5.74, 6) is -1.75. The fourth-order valence-corrected chi connectivity index (χ4v) is 3.71. The van der Waals surface area contributed by atoms with Gasteiger partial charge in [0.15, 0.2) is 0 Å². The van der Waals surface area contributed by atoms with E-state index in [1.807, 2.05) is 0 Å². The van der Waals surface area contributed by atoms with Gasteiger partial charge < -0.3 is 14.6 Å². The number of esters is 1. The van der Waals surface area contributed by atoms with E-state index in [9.17, 15) is 18.4 Å². The van der Waals surface area contributed by atoms with Crippen LogP contribution in [0.3, 0.4) is 0 Å². The van der Waals surface area contributed by atoms with E-state index >= 15 is 0 Å². The summed E-state index contributed by atoms with van der Waals surface area (Å²) >= 11 is 0. The van der Waals surface area contributed by atoms with Crippen LogP contribution >= 0.6 is 24.8 Å². The maximum absolute atomic E-state index is 13.4. The number of ether oxygens (including phenoxy) is 2. The summed E-state index contributed by atoms with van der Waals surface area (Å²) in [4.78, 5) is 24.8. The lowest BCUT2D eigenvalue weighted by atomic mass is 9.96. The lowest BCUT2D eigenvalue weighted by Crippen LogP contribution is -2.48. The van der Waals surface area contributed by atoms with Gasteiger partial charge in [0.1, 0.15) is 18.2 Å². The molecule has 0 aromatic heterocycles. The Hall–Kier alpha value is -2.30. The Bertz CT molecular complexity index is 851. The molecular formula is C25H34Cl2F2N2O5. The Labute approximate surface area is 223 Å². The molecule has 1 fully saturated rings. The average molecular weight is 551 g/mol. The van der Waals surface area contributed by atoms with Gasteiger partial charge in [-0.1, -0.05) is 24.3 Å². The van der Waals surface area contributed by atoms with Gasteiger partial charge in [-0.25, -0.2) is 13.6 Å². The SMILES string of the molecule is CCOC(C)=O.Cl.Cl.O=C(O)COCCN1CCN(C(c2ccc(F)cc2)c2ccc(F)cc2)CC1. The number of hydrogen-bond donors (Lipinski definition) is 1. The number of hydrogen-bond acceptors (Lipinski definition) is 6. The first kappa shape index (κ1) is 33.7. The molecule has 7 nitrogen and oxygen atoms in total. The summed E-state index contributed by atoms with van der Waals surface area (Å²) in [5.41, 5.74) is 1.93. The zero-order valence-electron chi connectivity index (χ0n) is 20.4. The number of carbonyl (C=O) groups is 2. The first-order valence-electron chi connectivity index (χ1n) is 11.2. The van der Waals surface area contributed by atoms with E-state index < -0.39 is 5.97 Å². The monoisotopic (exact) mass is 550 g/mol. The number of benzene rings is 2. The van der Waals surface area contributed by atoms with Crippen LogP contribution in [0.15, 0.2) is 48.5 Å².